The third-order valence-corrected chi connectivity index (χ3v) is 5.00. The molecule has 1 N–H and O–H groups in total. The third kappa shape index (κ3) is 4.70. The lowest BCUT2D eigenvalue weighted by molar-refractivity contribution is 0.291. The van der Waals surface area contributed by atoms with Crippen molar-refractivity contribution in [2.24, 2.45) is 0 Å². The van der Waals surface area contributed by atoms with E-state index in [-0.39, 0.29) is 0 Å². The molecular weight excluding hydrogens is 278 g/mol. The van der Waals surface area contributed by atoms with Crippen LogP contribution in [0.15, 0.2) is 54.6 Å². The second kappa shape index (κ2) is 8.62. The molecule has 0 fully saturated rings. The number of anilines is 1. The maximum Gasteiger partial charge on any atom is 0.423 e. The van der Waals surface area contributed by atoms with Gasteiger partial charge < -0.3 is 14.2 Å². The lowest BCUT2D eigenvalue weighted by atomic mass is 10.1. The molecule has 21 heavy (non-hydrogen) atoms. The first kappa shape index (κ1) is 15.8. The second-order valence-electron chi connectivity index (χ2n) is 4.75. The van der Waals surface area contributed by atoms with Gasteiger partial charge in [-0.05, 0) is 35.7 Å². The molecule has 2 aromatic rings. The first-order valence-corrected chi connectivity index (χ1v) is 8.49. The Hall–Kier alpha value is -1.62. The van der Waals surface area contributed by atoms with Crippen molar-refractivity contribution in [3.05, 3.63) is 60.2 Å². The fourth-order valence-corrected chi connectivity index (χ4v) is 3.62. The van der Waals surface area contributed by atoms with Gasteiger partial charge in [0.2, 0.25) is 0 Å². The van der Waals surface area contributed by atoms with Crippen molar-refractivity contribution in [3.63, 3.8) is 0 Å². The number of benzene rings is 2. The number of aryl methyl sites for hydroxylation is 1. The summed E-state index contributed by atoms with van der Waals surface area (Å²) < 4.78 is 10.9. The van der Waals surface area contributed by atoms with Crippen LogP contribution in [0, 0.1) is 0 Å². The summed E-state index contributed by atoms with van der Waals surface area (Å²) in [5, 5.41) is 4.65. The average Bonchev–Trinajstić information content (AvgIpc) is 2.55. The minimum Gasteiger partial charge on any atom is -0.393 e. The topological polar surface area (TPSA) is 30.5 Å². The van der Waals surface area contributed by atoms with Crippen molar-refractivity contribution in [1.29, 1.82) is 0 Å². The molecule has 2 aromatic carbocycles. The molecule has 111 valence electrons. The fraction of sp³-hybridized carbons (Fsp3) is 0.294. The highest BCUT2D eigenvalue weighted by atomic mass is 28.3. The van der Waals surface area contributed by atoms with Gasteiger partial charge >= 0.3 is 9.28 Å². The van der Waals surface area contributed by atoms with E-state index in [2.05, 4.69) is 35.6 Å². The molecule has 0 unspecified atom stereocenters. The van der Waals surface area contributed by atoms with E-state index in [9.17, 15) is 0 Å². The molecule has 1 radical (unpaired) electrons. The van der Waals surface area contributed by atoms with Gasteiger partial charge in [-0.25, -0.2) is 0 Å². The highest BCUT2D eigenvalue weighted by Gasteiger charge is 2.18. The molecule has 0 aliphatic carbocycles. The van der Waals surface area contributed by atoms with Crippen LogP contribution in [-0.2, 0) is 15.3 Å². The lowest BCUT2D eigenvalue weighted by Gasteiger charge is -2.14. The monoisotopic (exact) mass is 300 g/mol. The van der Waals surface area contributed by atoms with Gasteiger partial charge in [-0.2, -0.15) is 0 Å². The molecule has 0 aliphatic heterocycles. The Labute approximate surface area is 128 Å². The Morgan fingerprint density at radius 2 is 1.57 bits per heavy atom. The third-order valence-electron chi connectivity index (χ3n) is 3.33. The minimum atomic E-state index is -1.34. The van der Waals surface area contributed by atoms with E-state index in [0.717, 1.165) is 19.4 Å². The number of hydrogen-bond donors (Lipinski definition) is 1. The summed E-state index contributed by atoms with van der Waals surface area (Å²) in [4.78, 5) is 0. The molecule has 3 nitrogen and oxygen atoms in total. The van der Waals surface area contributed by atoms with Crippen molar-refractivity contribution in [2.75, 3.05) is 26.1 Å². The zero-order chi connectivity index (χ0) is 14.9. The van der Waals surface area contributed by atoms with Gasteiger partial charge in [0, 0.05) is 26.5 Å². The largest absolute Gasteiger partial charge is 0.423 e. The number of nitrogens with one attached hydrogen (secondary N) is 1. The Morgan fingerprint density at radius 3 is 2.29 bits per heavy atom. The number of hydrogen-bond acceptors (Lipinski definition) is 3. The van der Waals surface area contributed by atoms with Gasteiger partial charge in [-0.3, -0.25) is 0 Å². The van der Waals surface area contributed by atoms with Crippen molar-refractivity contribution >= 4 is 20.2 Å². The fourth-order valence-electron chi connectivity index (χ4n) is 2.31. The Kier molecular flexibility index (Phi) is 6.47. The van der Waals surface area contributed by atoms with E-state index < -0.39 is 9.28 Å². The summed E-state index contributed by atoms with van der Waals surface area (Å²) in [5.41, 5.74) is 2.49. The lowest BCUT2D eigenvalue weighted by Crippen LogP contribution is -2.37. The molecule has 2 rings (SSSR count). The second-order valence-corrected chi connectivity index (χ2v) is 6.68. The molecule has 0 saturated heterocycles. The van der Waals surface area contributed by atoms with Crippen LogP contribution in [0.1, 0.15) is 12.0 Å². The molecule has 0 heterocycles. The first-order chi connectivity index (χ1) is 10.3. The van der Waals surface area contributed by atoms with Gasteiger partial charge in [0.1, 0.15) is 0 Å². The van der Waals surface area contributed by atoms with Crippen LogP contribution in [0.25, 0.3) is 0 Å². The maximum absolute atomic E-state index is 5.47. The Bertz CT molecular complexity index is 529. The first-order valence-electron chi connectivity index (χ1n) is 7.17. The number of para-hydroxylation sites is 1. The summed E-state index contributed by atoms with van der Waals surface area (Å²) in [6.45, 7) is 0.959. The minimum absolute atomic E-state index is 0.959. The van der Waals surface area contributed by atoms with Crippen LogP contribution in [0.5, 0.6) is 0 Å². The highest BCUT2D eigenvalue weighted by molar-refractivity contribution is 6.61. The SMILES string of the molecule is CO[Si](OC)c1ccccc1CCCNc1ccccc1. The van der Waals surface area contributed by atoms with Gasteiger partial charge in [-0.1, -0.05) is 42.5 Å². The van der Waals surface area contributed by atoms with Crippen molar-refractivity contribution < 1.29 is 8.85 Å². The summed E-state index contributed by atoms with van der Waals surface area (Å²) in [6.07, 6.45) is 2.10. The molecule has 0 spiro atoms. The van der Waals surface area contributed by atoms with E-state index in [0.29, 0.717) is 0 Å². The summed E-state index contributed by atoms with van der Waals surface area (Å²) in [7, 11) is 2.09. The van der Waals surface area contributed by atoms with Crippen molar-refractivity contribution in [3.8, 4) is 0 Å². The molecule has 0 bridgehead atoms. The number of rotatable bonds is 8. The van der Waals surface area contributed by atoms with Crippen molar-refractivity contribution in [2.45, 2.75) is 12.8 Å². The van der Waals surface area contributed by atoms with Crippen LogP contribution in [0.3, 0.4) is 0 Å². The summed E-state index contributed by atoms with van der Waals surface area (Å²) in [6, 6.07) is 18.7. The summed E-state index contributed by atoms with van der Waals surface area (Å²) in [5.74, 6) is 0. The van der Waals surface area contributed by atoms with Crippen molar-refractivity contribution in [1.82, 2.24) is 0 Å². The van der Waals surface area contributed by atoms with Crippen LogP contribution in [0.2, 0.25) is 0 Å². The Balaban J connectivity index is 1.88. The van der Waals surface area contributed by atoms with Crippen LogP contribution >= 0.6 is 0 Å². The predicted octanol–water partition coefficient (Wildman–Crippen LogP) is 2.72. The van der Waals surface area contributed by atoms with E-state index in [1.165, 1.54) is 16.4 Å². The molecule has 0 saturated carbocycles. The molecule has 0 aliphatic rings. The van der Waals surface area contributed by atoms with Gasteiger partial charge in [-0.15, -0.1) is 0 Å². The zero-order valence-electron chi connectivity index (χ0n) is 12.6. The molecular formula is C17H22NO2Si. The van der Waals surface area contributed by atoms with Crippen LogP contribution in [0.4, 0.5) is 5.69 Å². The van der Waals surface area contributed by atoms with Gasteiger partial charge in [0.15, 0.2) is 0 Å². The van der Waals surface area contributed by atoms with Crippen LogP contribution < -0.4 is 10.5 Å². The quantitative estimate of drug-likeness (QED) is 0.600. The van der Waals surface area contributed by atoms with E-state index in [1.807, 2.05) is 24.3 Å². The normalized spacial score (nSPS) is 10.8. The van der Waals surface area contributed by atoms with E-state index in [1.54, 1.807) is 14.2 Å². The molecule has 0 atom stereocenters. The molecule has 4 heteroatoms. The maximum atomic E-state index is 5.47. The smallest absolute Gasteiger partial charge is 0.393 e. The van der Waals surface area contributed by atoms with E-state index in [4.69, 9.17) is 8.85 Å². The van der Waals surface area contributed by atoms with Gasteiger partial charge in [0.05, 0.1) is 0 Å². The molecule has 0 aromatic heterocycles. The van der Waals surface area contributed by atoms with Gasteiger partial charge in [0.25, 0.3) is 0 Å². The zero-order valence-corrected chi connectivity index (χ0v) is 13.6. The molecule has 0 amide bonds. The van der Waals surface area contributed by atoms with E-state index >= 15 is 0 Å². The Morgan fingerprint density at radius 1 is 0.905 bits per heavy atom. The summed E-state index contributed by atoms with van der Waals surface area (Å²) >= 11 is 0. The van der Waals surface area contributed by atoms with Crippen LogP contribution in [-0.4, -0.2) is 30.0 Å². The standard InChI is InChI=1S/C17H22NO2Si/c1-19-21(20-2)17-13-7-6-9-15(17)10-8-14-18-16-11-4-3-5-12-16/h3-7,9,11-13,18H,8,10,14H2,1-2H3. The highest BCUT2D eigenvalue weighted by Crippen LogP contribution is 2.07. The predicted molar refractivity (Wildman–Crippen MR) is 89.1 cm³/mol. The average molecular weight is 300 g/mol.